The number of hydrogen-bond donors (Lipinski definition) is 1. The standard InChI is InChI=1S/C19H38N2/c1-4-12-20-15-19(10-5-6-11-19)16-21-13-7-8-18(9-14-21)17(2)3/h17-18,20H,4-16H2,1-3H3. The average Bonchev–Trinajstić information content (AvgIpc) is 2.78. The zero-order valence-corrected chi connectivity index (χ0v) is 14.8. The maximum Gasteiger partial charge on any atom is 0.00501 e. The Hall–Kier alpha value is -0.0800. The molecule has 1 unspecified atom stereocenters. The van der Waals surface area contributed by atoms with E-state index < -0.39 is 0 Å². The smallest absolute Gasteiger partial charge is 0.00501 e. The molecule has 0 aromatic rings. The van der Waals surface area contributed by atoms with E-state index >= 15 is 0 Å². The van der Waals surface area contributed by atoms with Gasteiger partial charge in [-0.3, -0.25) is 0 Å². The van der Waals surface area contributed by atoms with Gasteiger partial charge in [0.25, 0.3) is 0 Å². The first kappa shape index (κ1) is 17.3. The van der Waals surface area contributed by atoms with Crippen LogP contribution in [-0.2, 0) is 0 Å². The summed E-state index contributed by atoms with van der Waals surface area (Å²) in [7, 11) is 0. The van der Waals surface area contributed by atoms with Crippen molar-refractivity contribution >= 4 is 0 Å². The molecule has 2 heteroatoms. The van der Waals surface area contributed by atoms with E-state index in [0.717, 1.165) is 11.8 Å². The van der Waals surface area contributed by atoms with Gasteiger partial charge in [0.1, 0.15) is 0 Å². The average molecular weight is 295 g/mol. The van der Waals surface area contributed by atoms with Gasteiger partial charge in [-0.25, -0.2) is 0 Å². The summed E-state index contributed by atoms with van der Waals surface area (Å²) in [5.74, 6) is 1.84. The molecule has 2 nitrogen and oxygen atoms in total. The van der Waals surface area contributed by atoms with Gasteiger partial charge in [0.15, 0.2) is 0 Å². The highest BCUT2D eigenvalue weighted by Gasteiger charge is 2.35. The van der Waals surface area contributed by atoms with Gasteiger partial charge in [0.2, 0.25) is 0 Å². The lowest BCUT2D eigenvalue weighted by Gasteiger charge is -2.35. The molecular weight excluding hydrogens is 256 g/mol. The second kappa shape index (κ2) is 8.53. The van der Waals surface area contributed by atoms with Crippen LogP contribution in [0, 0.1) is 17.3 Å². The van der Waals surface area contributed by atoms with Crippen molar-refractivity contribution in [2.24, 2.45) is 17.3 Å². The molecule has 2 rings (SSSR count). The van der Waals surface area contributed by atoms with Crippen LogP contribution in [0.1, 0.15) is 72.1 Å². The summed E-state index contributed by atoms with van der Waals surface area (Å²) in [6, 6.07) is 0. The fourth-order valence-electron chi connectivity index (χ4n) is 4.53. The van der Waals surface area contributed by atoms with Crippen LogP contribution in [0.3, 0.4) is 0 Å². The summed E-state index contributed by atoms with van der Waals surface area (Å²) >= 11 is 0. The summed E-state index contributed by atoms with van der Waals surface area (Å²) in [6.07, 6.45) is 11.4. The van der Waals surface area contributed by atoms with E-state index in [1.54, 1.807) is 0 Å². The van der Waals surface area contributed by atoms with Crippen molar-refractivity contribution in [2.45, 2.75) is 72.1 Å². The van der Waals surface area contributed by atoms with Crippen LogP contribution in [-0.4, -0.2) is 37.6 Å². The Kier molecular flexibility index (Phi) is 7.01. The number of nitrogens with zero attached hydrogens (tertiary/aromatic N) is 1. The summed E-state index contributed by atoms with van der Waals surface area (Å²) < 4.78 is 0. The number of likely N-dealkylation sites (tertiary alicyclic amines) is 1. The molecule has 1 heterocycles. The molecule has 2 aliphatic rings. The highest BCUT2D eigenvalue weighted by Crippen LogP contribution is 2.39. The van der Waals surface area contributed by atoms with Crippen LogP contribution in [0.2, 0.25) is 0 Å². The second-order valence-electron chi connectivity index (χ2n) is 8.10. The molecule has 124 valence electrons. The molecule has 1 saturated carbocycles. The van der Waals surface area contributed by atoms with Gasteiger partial charge < -0.3 is 10.2 Å². The molecule has 1 N–H and O–H groups in total. The van der Waals surface area contributed by atoms with E-state index in [-0.39, 0.29) is 0 Å². The summed E-state index contributed by atoms with van der Waals surface area (Å²) in [5.41, 5.74) is 0.590. The number of nitrogens with one attached hydrogen (secondary N) is 1. The van der Waals surface area contributed by atoms with Crippen LogP contribution in [0.4, 0.5) is 0 Å². The molecule has 0 aromatic carbocycles. The first-order chi connectivity index (χ1) is 10.2. The largest absolute Gasteiger partial charge is 0.316 e. The summed E-state index contributed by atoms with van der Waals surface area (Å²) in [6.45, 7) is 13.6. The SMILES string of the molecule is CCCNCC1(CN2CCCC(C(C)C)CC2)CCCC1. The van der Waals surface area contributed by atoms with Crippen molar-refractivity contribution in [3.05, 3.63) is 0 Å². The quantitative estimate of drug-likeness (QED) is 0.704. The van der Waals surface area contributed by atoms with Crippen molar-refractivity contribution < 1.29 is 0 Å². The first-order valence-corrected chi connectivity index (χ1v) is 9.58. The van der Waals surface area contributed by atoms with Gasteiger partial charge in [0.05, 0.1) is 0 Å². The Morgan fingerprint density at radius 3 is 2.52 bits per heavy atom. The molecule has 0 aromatic heterocycles. The molecule has 2 fully saturated rings. The van der Waals surface area contributed by atoms with Crippen LogP contribution in [0.15, 0.2) is 0 Å². The van der Waals surface area contributed by atoms with E-state index in [4.69, 9.17) is 0 Å². The van der Waals surface area contributed by atoms with Gasteiger partial charge in [-0.1, -0.05) is 33.6 Å². The molecule has 0 spiro atoms. The minimum Gasteiger partial charge on any atom is -0.316 e. The first-order valence-electron chi connectivity index (χ1n) is 9.58. The third-order valence-corrected chi connectivity index (χ3v) is 5.96. The summed E-state index contributed by atoms with van der Waals surface area (Å²) in [5, 5.41) is 3.72. The topological polar surface area (TPSA) is 15.3 Å². The van der Waals surface area contributed by atoms with Crippen LogP contribution in [0.25, 0.3) is 0 Å². The monoisotopic (exact) mass is 294 g/mol. The van der Waals surface area contributed by atoms with Gasteiger partial charge in [-0.15, -0.1) is 0 Å². The fraction of sp³-hybridized carbons (Fsp3) is 1.00. The van der Waals surface area contributed by atoms with Crippen LogP contribution < -0.4 is 5.32 Å². The fourth-order valence-corrected chi connectivity index (χ4v) is 4.53. The van der Waals surface area contributed by atoms with Gasteiger partial charge in [-0.2, -0.15) is 0 Å². The molecule has 0 bridgehead atoms. The van der Waals surface area contributed by atoms with Crippen molar-refractivity contribution in [1.82, 2.24) is 10.2 Å². The van der Waals surface area contributed by atoms with Crippen LogP contribution in [0.5, 0.6) is 0 Å². The Labute approximate surface area is 133 Å². The molecular formula is C19H38N2. The molecule has 1 aliphatic carbocycles. The van der Waals surface area contributed by atoms with Crippen molar-refractivity contribution in [2.75, 3.05) is 32.7 Å². The highest BCUT2D eigenvalue weighted by atomic mass is 15.1. The Balaban J connectivity index is 1.85. The lowest BCUT2D eigenvalue weighted by atomic mass is 9.85. The third kappa shape index (κ3) is 5.25. The summed E-state index contributed by atoms with van der Waals surface area (Å²) in [4.78, 5) is 2.81. The normalized spacial score (nSPS) is 27.1. The van der Waals surface area contributed by atoms with Gasteiger partial charge in [-0.05, 0) is 75.4 Å². The lowest BCUT2D eigenvalue weighted by Crippen LogP contribution is -2.43. The Bertz CT molecular complexity index is 281. The zero-order valence-electron chi connectivity index (χ0n) is 14.8. The van der Waals surface area contributed by atoms with Gasteiger partial charge >= 0.3 is 0 Å². The minimum absolute atomic E-state index is 0.590. The molecule has 21 heavy (non-hydrogen) atoms. The van der Waals surface area contributed by atoms with E-state index in [2.05, 4.69) is 31.0 Å². The predicted molar refractivity (Wildman–Crippen MR) is 92.7 cm³/mol. The Morgan fingerprint density at radius 1 is 1.10 bits per heavy atom. The maximum atomic E-state index is 3.72. The van der Waals surface area contributed by atoms with E-state index in [1.807, 2.05) is 0 Å². The number of rotatable bonds is 7. The van der Waals surface area contributed by atoms with E-state index in [0.29, 0.717) is 5.41 Å². The molecule has 1 atom stereocenters. The maximum absolute atomic E-state index is 3.72. The molecule has 1 saturated heterocycles. The third-order valence-electron chi connectivity index (χ3n) is 5.96. The van der Waals surface area contributed by atoms with Crippen molar-refractivity contribution in [3.8, 4) is 0 Å². The predicted octanol–water partition coefficient (Wildman–Crippen LogP) is 4.30. The van der Waals surface area contributed by atoms with Crippen molar-refractivity contribution in [1.29, 1.82) is 0 Å². The zero-order chi connectivity index (χ0) is 15.1. The van der Waals surface area contributed by atoms with E-state index in [1.165, 1.54) is 84.1 Å². The van der Waals surface area contributed by atoms with Gasteiger partial charge in [0, 0.05) is 13.1 Å². The second-order valence-corrected chi connectivity index (χ2v) is 8.10. The Morgan fingerprint density at radius 2 is 1.86 bits per heavy atom. The van der Waals surface area contributed by atoms with Crippen molar-refractivity contribution in [3.63, 3.8) is 0 Å². The highest BCUT2D eigenvalue weighted by molar-refractivity contribution is 4.90. The van der Waals surface area contributed by atoms with E-state index in [9.17, 15) is 0 Å². The lowest BCUT2D eigenvalue weighted by molar-refractivity contribution is 0.150. The molecule has 1 aliphatic heterocycles. The minimum atomic E-state index is 0.590. The van der Waals surface area contributed by atoms with Crippen LogP contribution >= 0.6 is 0 Å². The number of hydrogen-bond acceptors (Lipinski definition) is 2. The molecule has 0 radical (unpaired) electrons. The molecule has 0 amide bonds.